The van der Waals surface area contributed by atoms with Crippen molar-refractivity contribution in [1.29, 1.82) is 0 Å². The molecule has 7 heteroatoms. The van der Waals surface area contributed by atoms with Gasteiger partial charge in [-0.1, -0.05) is 53.1 Å². The van der Waals surface area contributed by atoms with Gasteiger partial charge < -0.3 is 4.74 Å². The first-order valence-electron chi connectivity index (χ1n) is 8.19. The van der Waals surface area contributed by atoms with Crippen molar-refractivity contribution in [2.75, 3.05) is 13.3 Å². The highest BCUT2D eigenvalue weighted by atomic mass is 35.5. The second kappa shape index (κ2) is 6.36. The van der Waals surface area contributed by atoms with Gasteiger partial charge in [0.2, 0.25) is 0 Å². The number of hydrogen-bond acceptors (Lipinski definition) is 4. The van der Waals surface area contributed by atoms with Gasteiger partial charge in [0.1, 0.15) is 19.7 Å². The van der Waals surface area contributed by atoms with Gasteiger partial charge in [-0.3, -0.25) is 9.69 Å². The molecule has 4 rings (SSSR count). The number of carbonyl (C=O) groups is 1. The summed E-state index contributed by atoms with van der Waals surface area (Å²) in [5.74, 6) is 0.562. The molecule has 2 aromatic rings. The molecule has 2 atom stereocenters. The van der Waals surface area contributed by atoms with E-state index in [0.717, 1.165) is 11.1 Å². The molecule has 2 aliphatic rings. The molecule has 0 fully saturated rings. The van der Waals surface area contributed by atoms with Crippen LogP contribution in [-0.2, 0) is 10.3 Å². The van der Waals surface area contributed by atoms with E-state index in [1.165, 1.54) is 11.8 Å². The molecular formula is C19H16BClN2O2S. The van der Waals surface area contributed by atoms with Crippen LogP contribution in [0.2, 0.25) is 5.02 Å². The molecule has 2 aromatic carbocycles. The number of rotatable bonds is 1. The quantitative estimate of drug-likeness (QED) is 0.712. The van der Waals surface area contributed by atoms with Crippen LogP contribution in [0.1, 0.15) is 23.7 Å². The fourth-order valence-electron chi connectivity index (χ4n) is 3.58. The predicted octanol–water partition coefficient (Wildman–Crippen LogP) is 3.04. The van der Waals surface area contributed by atoms with Crippen molar-refractivity contribution in [2.24, 2.45) is 4.99 Å². The van der Waals surface area contributed by atoms with Crippen molar-refractivity contribution < 1.29 is 9.53 Å². The van der Waals surface area contributed by atoms with Crippen LogP contribution < -0.4 is 10.2 Å². The van der Waals surface area contributed by atoms with Gasteiger partial charge in [-0.05, 0) is 30.0 Å². The van der Waals surface area contributed by atoms with E-state index < -0.39 is 5.54 Å². The zero-order chi connectivity index (χ0) is 18.5. The van der Waals surface area contributed by atoms with Gasteiger partial charge >= 0.3 is 0 Å². The van der Waals surface area contributed by atoms with Gasteiger partial charge in [0.25, 0.3) is 5.91 Å². The van der Waals surface area contributed by atoms with E-state index in [9.17, 15) is 4.79 Å². The molecule has 0 aromatic heterocycles. The van der Waals surface area contributed by atoms with Crippen LogP contribution in [0.5, 0.6) is 5.75 Å². The fraction of sp³-hybridized carbons (Fsp3) is 0.263. The minimum atomic E-state index is -1.02. The lowest BCUT2D eigenvalue weighted by molar-refractivity contribution is -0.132. The largest absolute Gasteiger partial charge is 0.485 e. The SMILES string of the molecule is [B]c1ccc2c(c1)C1(CC(c3cccc(Cl)c3)O2)N=C(SC)N(C)C1=O. The summed E-state index contributed by atoms with van der Waals surface area (Å²) >= 11 is 7.61. The van der Waals surface area contributed by atoms with E-state index in [1.807, 2.05) is 36.6 Å². The number of nitrogens with zero attached hydrogens (tertiary/aromatic N) is 2. The minimum Gasteiger partial charge on any atom is -0.485 e. The van der Waals surface area contributed by atoms with Crippen molar-refractivity contribution in [3.8, 4) is 5.75 Å². The van der Waals surface area contributed by atoms with Gasteiger partial charge in [-0.15, -0.1) is 0 Å². The minimum absolute atomic E-state index is 0.0657. The number of amidine groups is 1. The first-order chi connectivity index (χ1) is 12.4. The van der Waals surface area contributed by atoms with Gasteiger partial charge in [-0.25, -0.2) is 4.99 Å². The molecule has 0 saturated carbocycles. The number of likely N-dealkylation sites (N-methyl/N-ethyl adjacent to an activating group) is 1. The van der Waals surface area contributed by atoms with E-state index in [-0.39, 0.29) is 12.0 Å². The van der Waals surface area contributed by atoms with E-state index in [4.69, 9.17) is 29.2 Å². The summed E-state index contributed by atoms with van der Waals surface area (Å²) < 4.78 is 6.21. The summed E-state index contributed by atoms with van der Waals surface area (Å²) in [5, 5.41) is 1.32. The Morgan fingerprint density at radius 1 is 1.35 bits per heavy atom. The van der Waals surface area contributed by atoms with Gasteiger partial charge in [0, 0.05) is 24.1 Å². The zero-order valence-electron chi connectivity index (χ0n) is 14.4. The highest BCUT2D eigenvalue weighted by Gasteiger charge is 2.53. The Morgan fingerprint density at radius 3 is 2.85 bits per heavy atom. The molecule has 26 heavy (non-hydrogen) atoms. The van der Waals surface area contributed by atoms with Crippen molar-refractivity contribution in [1.82, 2.24) is 4.90 Å². The Kier molecular flexibility index (Phi) is 4.28. The van der Waals surface area contributed by atoms with Crippen LogP contribution in [0.4, 0.5) is 0 Å². The summed E-state index contributed by atoms with van der Waals surface area (Å²) in [6.45, 7) is 0. The maximum atomic E-state index is 13.2. The lowest BCUT2D eigenvalue weighted by Gasteiger charge is -2.37. The lowest BCUT2D eigenvalue weighted by atomic mass is 9.78. The van der Waals surface area contributed by atoms with Crippen molar-refractivity contribution in [3.05, 3.63) is 58.6 Å². The number of halogens is 1. The number of hydrogen-bond donors (Lipinski definition) is 0. The normalized spacial score (nSPS) is 24.4. The summed E-state index contributed by atoms with van der Waals surface area (Å²) in [6.07, 6.45) is 1.99. The maximum Gasteiger partial charge on any atom is 0.261 e. The Morgan fingerprint density at radius 2 is 2.15 bits per heavy atom. The zero-order valence-corrected chi connectivity index (χ0v) is 16.0. The van der Waals surface area contributed by atoms with Crippen molar-refractivity contribution >= 4 is 47.7 Å². The maximum absolute atomic E-state index is 13.2. The molecule has 0 saturated heterocycles. The second-order valence-corrected chi connectivity index (χ2v) is 7.65. The monoisotopic (exact) mass is 382 g/mol. The summed E-state index contributed by atoms with van der Waals surface area (Å²) in [6, 6.07) is 12.9. The summed E-state index contributed by atoms with van der Waals surface area (Å²) in [7, 11) is 7.75. The van der Waals surface area contributed by atoms with Crippen LogP contribution in [0.25, 0.3) is 0 Å². The average Bonchev–Trinajstić information content (AvgIpc) is 2.87. The Hall–Kier alpha value is -1.92. The third-order valence-electron chi connectivity index (χ3n) is 4.83. The van der Waals surface area contributed by atoms with Gasteiger partial charge in [0.05, 0.1) is 0 Å². The molecular weight excluding hydrogens is 367 g/mol. The topological polar surface area (TPSA) is 41.9 Å². The smallest absolute Gasteiger partial charge is 0.261 e. The number of amides is 1. The molecule has 2 radical (unpaired) electrons. The molecule has 0 aliphatic carbocycles. The molecule has 130 valence electrons. The Balaban J connectivity index is 1.89. The third-order valence-corrected chi connectivity index (χ3v) is 5.80. The Labute approximate surface area is 163 Å². The first kappa shape index (κ1) is 17.5. The molecule has 2 unspecified atom stereocenters. The highest BCUT2D eigenvalue weighted by Crippen LogP contribution is 2.50. The molecule has 2 aliphatic heterocycles. The number of carbonyl (C=O) groups excluding carboxylic acids is 1. The molecule has 1 spiro atoms. The average molecular weight is 383 g/mol. The number of benzene rings is 2. The van der Waals surface area contributed by atoms with Crippen molar-refractivity contribution in [2.45, 2.75) is 18.1 Å². The van der Waals surface area contributed by atoms with Crippen molar-refractivity contribution in [3.63, 3.8) is 0 Å². The van der Waals surface area contributed by atoms with Gasteiger partial charge in [-0.2, -0.15) is 0 Å². The van der Waals surface area contributed by atoms with E-state index in [0.29, 0.717) is 27.8 Å². The van der Waals surface area contributed by atoms with Crippen LogP contribution in [0, 0.1) is 0 Å². The fourth-order valence-corrected chi connectivity index (χ4v) is 4.38. The van der Waals surface area contributed by atoms with E-state index in [1.54, 1.807) is 24.1 Å². The van der Waals surface area contributed by atoms with Crippen LogP contribution in [0.3, 0.4) is 0 Å². The van der Waals surface area contributed by atoms with E-state index >= 15 is 0 Å². The molecule has 1 amide bonds. The second-order valence-electron chi connectivity index (χ2n) is 6.44. The summed E-state index contributed by atoms with van der Waals surface area (Å²) in [4.78, 5) is 19.7. The molecule has 2 heterocycles. The first-order valence-corrected chi connectivity index (χ1v) is 9.79. The summed E-state index contributed by atoms with van der Waals surface area (Å²) in [5.41, 5.74) is 1.19. The van der Waals surface area contributed by atoms with Crippen LogP contribution >= 0.6 is 23.4 Å². The number of aliphatic imine (C=N–C) groups is 1. The third kappa shape index (κ3) is 2.63. The lowest BCUT2D eigenvalue weighted by Crippen LogP contribution is -2.43. The highest BCUT2D eigenvalue weighted by molar-refractivity contribution is 8.13. The van der Waals surface area contributed by atoms with E-state index in [2.05, 4.69) is 0 Å². The standard InChI is InChI=1S/C19H16BClN2O2S/c1-23-17(24)19(22-18(23)26-2)10-16(11-4-3-5-13(21)8-11)25-15-7-6-12(20)9-14(15)19/h3-9,16H,10H2,1-2H3. The predicted molar refractivity (Wildman–Crippen MR) is 107 cm³/mol. The molecule has 0 N–H and O–H groups in total. The van der Waals surface area contributed by atoms with Gasteiger partial charge in [0.15, 0.2) is 10.7 Å². The molecule has 0 bridgehead atoms. The number of thioether (sulfide) groups is 1. The van der Waals surface area contributed by atoms with Crippen LogP contribution in [0.15, 0.2) is 47.5 Å². The number of ether oxygens (including phenoxy) is 1. The molecule has 4 nitrogen and oxygen atoms in total. The number of fused-ring (bicyclic) bond motifs is 2. The Bertz CT molecular complexity index is 936. The van der Waals surface area contributed by atoms with Crippen LogP contribution in [-0.4, -0.2) is 37.1 Å².